The largest absolute Gasteiger partial charge is 0.494 e. The van der Waals surface area contributed by atoms with Gasteiger partial charge in [-0.1, -0.05) is 37.3 Å². The van der Waals surface area contributed by atoms with Gasteiger partial charge in [0, 0.05) is 11.3 Å². The molecule has 1 heterocycles. The molecule has 2 aromatic rings. The van der Waals surface area contributed by atoms with E-state index >= 15 is 0 Å². The second-order valence-electron chi connectivity index (χ2n) is 5.08. The summed E-state index contributed by atoms with van der Waals surface area (Å²) in [6.07, 6.45) is 0.932. The quantitative estimate of drug-likeness (QED) is 0.907. The number of rotatable bonds is 4. The Morgan fingerprint density at radius 1 is 1.14 bits per heavy atom. The number of hydrogen-bond acceptors (Lipinski definition) is 3. The molecule has 4 heteroatoms. The Kier molecular flexibility index (Phi) is 3.39. The zero-order chi connectivity index (χ0) is 14.9. The summed E-state index contributed by atoms with van der Waals surface area (Å²) in [5.74, 6) is 0.307. The van der Waals surface area contributed by atoms with E-state index < -0.39 is 11.5 Å². The molecule has 0 saturated heterocycles. The summed E-state index contributed by atoms with van der Waals surface area (Å²) in [4.78, 5) is 12.2. The first-order valence-electron chi connectivity index (χ1n) is 7.03. The molecule has 3 rings (SSSR count). The molecule has 1 atom stereocenters. The third-order valence-corrected chi connectivity index (χ3v) is 3.64. The highest BCUT2D eigenvalue weighted by molar-refractivity contribution is 6.07. The highest BCUT2D eigenvalue weighted by atomic mass is 16.5. The van der Waals surface area contributed by atoms with E-state index in [9.17, 15) is 9.90 Å². The second kappa shape index (κ2) is 5.22. The fraction of sp³-hybridized carbons (Fsp3) is 0.235. The van der Waals surface area contributed by atoms with Crippen LogP contribution < -0.4 is 10.1 Å². The maximum Gasteiger partial charge on any atom is 0.265 e. The monoisotopic (exact) mass is 283 g/mol. The number of aliphatic hydroxyl groups is 1. The first-order chi connectivity index (χ1) is 10.2. The van der Waals surface area contributed by atoms with Gasteiger partial charge in [-0.25, -0.2) is 0 Å². The summed E-state index contributed by atoms with van der Waals surface area (Å²) in [6, 6.07) is 14.2. The van der Waals surface area contributed by atoms with E-state index in [4.69, 9.17) is 4.74 Å². The Labute approximate surface area is 123 Å². The summed E-state index contributed by atoms with van der Waals surface area (Å²) in [5.41, 5.74) is 0.127. The van der Waals surface area contributed by atoms with Crippen molar-refractivity contribution in [3.05, 3.63) is 59.7 Å². The van der Waals surface area contributed by atoms with Gasteiger partial charge in [-0.3, -0.25) is 4.79 Å². The molecule has 0 aromatic heterocycles. The number of ether oxygens (including phenoxy) is 1. The Bertz CT molecular complexity index is 666. The van der Waals surface area contributed by atoms with Crippen molar-refractivity contribution in [2.45, 2.75) is 18.9 Å². The molecule has 21 heavy (non-hydrogen) atoms. The molecule has 0 saturated carbocycles. The van der Waals surface area contributed by atoms with Gasteiger partial charge in [-0.15, -0.1) is 0 Å². The number of nitrogens with one attached hydrogen (secondary N) is 1. The zero-order valence-corrected chi connectivity index (χ0v) is 11.8. The molecule has 1 unspecified atom stereocenters. The lowest BCUT2D eigenvalue weighted by molar-refractivity contribution is -0.129. The number of fused-ring (bicyclic) bond motifs is 1. The predicted octanol–water partition coefficient (Wildman–Crippen LogP) is 2.66. The average Bonchev–Trinajstić information content (AvgIpc) is 2.78. The number of benzene rings is 2. The Balaban J connectivity index is 1.97. The minimum Gasteiger partial charge on any atom is -0.494 e. The fourth-order valence-electron chi connectivity index (χ4n) is 2.54. The standard InChI is InChI=1S/C17H17NO3/c1-2-11-21-13-9-7-12(8-10-13)17(20)14-5-3-4-6-15(14)18-16(17)19/h3-10,20H,2,11H2,1H3,(H,18,19). The van der Waals surface area contributed by atoms with Crippen molar-refractivity contribution in [2.24, 2.45) is 0 Å². The predicted molar refractivity (Wildman–Crippen MR) is 80.3 cm³/mol. The van der Waals surface area contributed by atoms with Gasteiger partial charge in [0.25, 0.3) is 5.91 Å². The van der Waals surface area contributed by atoms with Crippen LogP contribution in [0.2, 0.25) is 0 Å². The SMILES string of the molecule is CCCOc1ccc(C2(O)C(=O)Nc3ccccc32)cc1. The summed E-state index contributed by atoms with van der Waals surface area (Å²) >= 11 is 0. The van der Waals surface area contributed by atoms with E-state index in [2.05, 4.69) is 5.32 Å². The summed E-state index contributed by atoms with van der Waals surface area (Å²) < 4.78 is 5.52. The molecule has 1 aliphatic heterocycles. The van der Waals surface area contributed by atoms with Crippen molar-refractivity contribution < 1.29 is 14.6 Å². The lowest BCUT2D eigenvalue weighted by Crippen LogP contribution is -2.35. The van der Waals surface area contributed by atoms with Crippen molar-refractivity contribution in [2.75, 3.05) is 11.9 Å². The molecule has 0 fully saturated rings. The van der Waals surface area contributed by atoms with E-state index in [0.29, 0.717) is 23.4 Å². The molecule has 1 amide bonds. The fourth-order valence-corrected chi connectivity index (χ4v) is 2.54. The van der Waals surface area contributed by atoms with Crippen LogP contribution in [-0.4, -0.2) is 17.6 Å². The van der Waals surface area contributed by atoms with Crippen molar-refractivity contribution in [1.29, 1.82) is 0 Å². The smallest absolute Gasteiger partial charge is 0.265 e. The number of anilines is 1. The van der Waals surface area contributed by atoms with E-state index in [1.165, 1.54) is 0 Å². The number of amides is 1. The van der Waals surface area contributed by atoms with Crippen LogP contribution in [0.15, 0.2) is 48.5 Å². The molecule has 2 aromatic carbocycles. The van der Waals surface area contributed by atoms with Crippen LogP contribution in [0.1, 0.15) is 24.5 Å². The minimum atomic E-state index is -1.64. The number of carbonyl (C=O) groups excluding carboxylic acids is 1. The third-order valence-electron chi connectivity index (χ3n) is 3.64. The number of para-hydroxylation sites is 1. The minimum absolute atomic E-state index is 0.425. The molecule has 0 spiro atoms. The van der Waals surface area contributed by atoms with Crippen LogP contribution >= 0.6 is 0 Å². The summed E-state index contributed by atoms with van der Waals surface area (Å²) in [7, 11) is 0. The molecule has 0 aliphatic carbocycles. The highest BCUT2D eigenvalue weighted by Gasteiger charge is 2.46. The van der Waals surface area contributed by atoms with Crippen molar-refractivity contribution in [1.82, 2.24) is 0 Å². The lowest BCUT2D eigenvalue weighted by Gasteiger charge is -2.21. The summed E-state index contributed by atoms with van der Waals surface area (Å²) in [6.45, 7) is 2.68. The molecule has 0 radical (unpaired) electrons. The molecule has 1 aliphatic rings. The van der Waals surface area contributed by atoms with Crippen LogP contribution in [-0.2, 0) is 10.4 Å². The van der Waals surface area contributed by atoms with E-state index in [-0.39, 0.29) is 0 Å². The molecular weight excluding hydrogens is 266 g/mol. The first kappa shape index (κ1) is 13.6. The maximum absolute atomic E-state index is 12.2. The molecular formula is C17H17NO3. The zero-order valence-electron chi connectivity index (χ0n) is 11.8. The maximum atomic E-state index is 12.2. The molecule has 108 valence electrons. The highest BCUT2D eigenvalue weighted by Crippen LogP contribution is 2.40. The third kappa shape index (κ3) is 2.17. The first-order valence-corrected chi connectivity index (χ1v) is 7.03. The van der Waals surface area contributed by atoms with Gasteiger partial charge in [0.1, 0.15) is 5.75 Å². The van der Waals surface area contributed by atoms with Gasteiger partial charge in [-0.2, -0.15) is 0 Å². The van der Waals surface area contributed by atoms with E-state index in [0.717, 1.165) is 12.2 Å². The van der Waals surface area contributed by atoms with Crippen LogP contribution in [0.5, 0.6) is 5.75 Å². The van der Waals surface area contributed by atoms with E-state index in [1.54, 1.807) is 36.4 Å². The van der Waals surface area contributed by atoms with Crippen LogP contribution in [0.3, 0.4) is 0 Å². The van der Waals surface area contributed by atoms with Gasteiger partial charge >= 0.3 is 0 Å². The van der Waals surface area contributed by atoms with Crippen LogP contribution in [0.4, 0.5) is 5.69 Å². The summed E-state index contributed by atoms with van der Waals surface area (Å²) in [5, 5.41) is 13.6. The number of hydrogen-bond donors (Lipinski definition) is 2. The van der Waals surface area contributed by atoms with Crippen molar-refractivity contribution >= 4 is 11.6 Å². The van der Waals surface area contributed by atoms with Gasteiger partial charge in [-0.05, 0) is 30.2 Å². The van der Waals surface area contributed by atoms with Gasteiger partial charge in [0.2, 0.25) is 0 Å². The van der Waals surface area contributed by atoms with Crippen molar-refractivity contribution in [3.8, 4) is 5.75 Å². The molecule has 0 bridgehead atoms. The van der Waals surface area contributed by atoms with E-state index in [1.807, 2.05) is 19.1 Å². The Morgan fingerprint density at radius 2 is 1.86 bits per heavy atom. The second-order valence-corrected chi connectivity index (χ2v) is 5.08. The molecule has 2 N–H and O–H groups in total. The Morgan fingerprint density at radius 3 is 2.57 bits per heavy atom. The average molecular weight is 283 g/mol. The number of carbonyl (C=O) groups is 1. The topological polar surface area (TPSA) is 58.6 Å². The van der Waals surface area contributed by atoms with Gasteiger partial charge in [0.15, 0.2) is 5.60 Å². The van der Waals surface area contributed by atoms with Crippen LogP contribution in [0, 0.1) is 0 Å². The van der Waals surface area contributed by atoms with Gasteiger partial charge < -0.3 is 15.2 Å². The lowest BCUT2D eigenvalue weighted by atomic mass is 9.87. The molecule has 4 nitrogen and oxygen atoms in total. The van der Waals surface area contributed by atoms with Gasteiger partial charge in [0.05, 0.1) is 6.61 Å². The normalized spacial score (nSPS) is 20.0. The van der Waals surface area contributed by atoms with Crippen LogP contribution in [0.25, 0.3) is 0 Å². The van der Waals surface area contributed by atoms with Crippen molar-refractivity contribution in [3.63, 3.8) is 0 Å². The Hall–Kier alpha value is -2.33.